The predicted molar refractivity (Wildman–Crippen MR) is 94.3 cm³/mol. The number of hydrogen-bond donors (Lipinski definition) is 0. The zero-order valence-electron chi connectivity index (χ0n) is 12.9. The van der Waals surface area contributed by atoms with Crippen LogP contribution in [-0.4, -0.2) is 26.2 Å². The highest BCUT2D eigenvalue weighted by atomic mass is 28.5. The second-order valence-electron chi connectivity index (χ2n) is 5.35. The van der Waals surface area contributed by atoms with Gasteiger partial charge < -0.3 is 0 Å². The molecule has 0 saturated heterocycles. The quantitative estimate of drug-likeness (QED) is 0.384. The Morgan fingerprint density at radius 2 is 0.800 bits per heavy atom. The average Bonchev–Trinajstić information content (AvgIpc) is 2.55. The van der Waals surface area contributed by atoms with Crippen molar-refractivity contribution < 1.29 is 24.6 Å². The molecule has 0 aliphatic carbocycles. The Balaban J connectivity index is 2.74. The van der Waals surface area contributed by atoms with Crippen LogP contribution < -0.4 is 10.4 Å². The van der Waals surface area contributed by atoms with E-state index in [9.17, 15) is 24.6 Å². The van der Waals surface area contributed by atoms with Crippen LogP contribution in [0, 0.1) is 0 Å². The van der Waals surface area contributed by atoms with Crippen LogP contribution >= 0.6 is 0 Å². The summed E-state index contributed by atoms with van der Waals surface area (Å²) in [6, 6.07) is 16.2. The predicted octanol–water partition coefficient (Wildman–Crippen LogP) is 4.21. The summed E-state index contributed by atoms with van der Waals surface area (Å²) < 4.78 is 77.6. The van der Waals surface area contributed by atoms with Gasteiger partial charge in [0.15, 0.2) is 8.07 Å². The molecule has 2 aromatic carbocycles. The molecule has 0 radical (unpaired) electrons. The molecule has 0 aliphatic rings. The lowest BCUT2D eigenvalue weighted by atomic mass is 10.4. The fourth-order valence-corrected chi connectivity index (χ4v) is 8.80. The lowest BCUT2D eigenvalue weighted by Gasteiger charge is -2.26. The Hall–Kier alpha value is -1.85. The van der Waals surface area contributed by atoms with Crippen LogP contribution in [0.1, 0.15) is 0 Å². The van der Waals surface area contributed by atoms with Crippen molar-refractivity contribution in [3.8, 4) is 0 Å². The molecule has 0 aromatic heterocycles. The zero-order chi connectivity index (χ0) is 18.6. The van der Waals surface area contributed by atoms with Crippen molar-refractivity contribution in [1.82, 2.24) is 0 Å². The van der Waals surface area contributed by atoms with Crippen molar-refractivity contribution in [3.63, 3.8) is 0 Å². The van der Waals surface area contributed by atoms with Crippen molar-refractivity contribution in [2.75, 3.05) is 0 Å². The summed E-state index contributed by atoms with van der Waals surface area (Å²) in [6.07, 6.45) is 0. The molecule has 0 N–H and O–H groups in total. The van der Waals surface area contributed by atoms with Crippen LogP contribution in [-0.2, 0) is 0 Å². The molecule has 0 heterocycles. The Labute approximate surface area is 145 Å². The van der Waals surface area contributed by atoms with Crippen LogP contribution in [0.2, 0.25) is 0 Å². The summed E-state index contributed by atoms with van der Waals surface area (Å²) >= 11 is 0. The van der Waals surface area contributed by atoms with E-state index in [1.54, 1.807) is 60.7 Å². The smallest absolute Gasteiger partial charge is 0.234 e. The summed E-state index contributed by atoms with van der Waals surface area (Å²) in [5, 5.41) is 0.954. The number of halogens is 6. The maximum Gasteiger partial charge on any atom is 0.644 e. The monoisotopic (exact) mass is 404 g/mol. The van der Waals surface area contributed by atoms with E-state index in [4.69, 9.17) is 0 Å². The van der Waals surface area contributed by atoms with E-state index in [1.165, 1.54) is 0 Å². The van der Waals surface area contributed by atoms with Gasteiger partial charge in [-0.3, -0.25) is 0 Å². The first-order valence-electron chi connectivity index (χ1n) is 7.28. The molecule has 0 aliphatic heterocycles. The highest BCUT2D eigenvalue weighted by Crippen LogP contribution is 2.18. The van der Waals surface area contributed by atoms with Crippen LogP contribution in [0.5, 0.6) is 0 Å². The molecule has 2 rings (SSSR count). The minimum Gasteiger partial charge on any atom is -0.234 e. The van der Waals surface area contributed by atoms with E-state index in [-0.39, 0.29) is 11.4 Å². The van der Waals surface area contributed by atoms with Gasteiger partial charge in [-0.15, -0.1) is 0 Å². The maximum absolute atomic E-state index is 12.9. The summed E-state index contributed by atoms with van der Waals surface area (Å²) in [4.78, 5) is 0. The van der Waals surface area contributed by atoms with Gasteiger partial charge >= 0.3 is 18.2 Å². The molecule has 132 valence electrons. The van der Waals surface area contributed by atoms with Gasteiger partial charge in [-0.1, -0.05) is 72.1 Å². The lowest BCUT2D eigenvalue weighted by molar-refractivity contribution is 0.497. The van der Waals surface area contributed by atoms with Gasteiger partial charge in [0.2, 0.25) is 0 Å². The third-order valence-electron chi connectivity index (χ3n) is 3.57. The summed E-state index contributed by atoms with van der Waals surface area (Å²) in [5.74, 6) is 0. The van der Waals surface area contributed by atoms with Crippen LogP contribution in [0.15, 0.2) is 83.5 Å². The van der Waals surface area contributed by atoms with Crippen molar-refractivity contribution in [2.45, 2.75) is 0 Å². The van der Waals surface area contributed by atoms with Gasteiger partial charge in [0, 0.05) is 0 Å². The zero-order valence-corrected chi connectivity index (χ0v) is 15.9. The van der Waals surface area contributed by atoms with Crippen molar-refractivity contribution in [3.05, 3.63) is 83.5 Å². The minimum absolute atomic E-state index is 0.182. The second-order valence-corrected chi connectivity index (χ2v) is 11.7. The third kappa shape index (κ3) is 5.58. The molecular formula is C16H14F6Si3. The number of rotatable bonds is 6. The Bertz CT molecular complexity index is 670. The van der Waals surface area contributed by atoms with Crippen LogP contribution in [0.4, 0.5) is 24.6 Å². The van der Waals surface area contributed by atoms with Gasteiger partial charge in [-0.05, 0) is 21.8 Å². The topological polar surface area (TPSA) is 0 Å². The molecule has 0 bridgehead atoms. The van der Waals surface area contributed by atoms with Crippen molar-refractivity contribution in [2.24, 2.45) is 0 Å². The standard InChI is InChI=1S/C16H14F6Si3/c17-24(18,19)13-11-23(12-14-25(20,21)22,15-7-3-1-4-8-15)16-9-5-2-6-10-16/h1-14H/b13-11+,14-12+. The molecule has 0 unspecified atom stereocenters. The van der Waals surface area contributed by atoms with E-state index >= 15 is 0 Å². The first-order valence-corrected chi connectivity index (χ1v) is 12.9. The molecule has 0 fully saturated rings. The average molecular weight is 405 g/mol. The largest absolute Gasteiger partial charge is 0.644 e. The summed E-state index contributed by atoms with van der Waals surface area (Å²) in [6.45, 7) is 0. The van der Waals surface area contributed by atoms with Crippen LogP contribution in [0.25, 0.3) is 0 Å². The van der Waals surface area contributed by atoms with E-state index in [0.717, 1.165) is 11.4 Å². The second kappa shape index (κ2) is 7.58. The number of hydrogen-bond acceptors (Lipinski definition) is 0. The molecule has 0 saturated carbocycles. The molecule has 9 heteroatoms. The molecule has 25 heavy (non-hydrogen) atoms. The van der Waals surface area contributed by atoms with E-state index in [2.05, 4.69) is 0 Å². The van der Waals surface area contributed by atoms with E-state index < -0.39 is 26.2 Å². The number of benzene rings is 2. The molecular weight excluding hydrogens is 390 g/mol. The van der Waals surface area contributed by atoms with Crippen LogP contribution in [0.3, 0.4) is 0 Å². The lowest BCUT2D eigenvalue weighted by Crippen LogP contribution is -2.56. The fourth-order valence-electron chi connectivity index (χ4n) is 2.49. The SMILES string of the molecule is F[Si](F)(F)/C=C/[Si](/C=C/[Si](F)(F)F)(c1ccccc1)c1ccccc1. The summed E-state index contributed by atoms with van der Waals surface area (Å²) in [5.41, 5.74) is 2.31. The van der Waals surface area contributed by atoms with Gasteiger partial charge in [0.25, 0.3) is 0 Å². The first kappa shape index (κ1) is 19.5. The van der Waals surface area contributed by atoms with E-state index in [1.807, 2.05) is 0 Å². The Morgan fingerprint density at radius 1 is 0.480 bits per heavy atom. The third-order valence-corrected chi connectivity index (χ3v) is 9.29. The van der Waals surface area contributed by atoms with Gasteiger partial charge in [-0.25, -0.2) is 24.6 Å². The van der Waals surface area contributed by atoms with Gasteiger partial charge in [0.05, 0.1) is 0 Å². The van der Waals surface area contributed by atoms with E-state index in [0.29, 0.717) is 10.4 Å². The Morgan fingerprint density at radius 3 is 1.08 bits per heavy atom. The Kier molecular flexibility index (Phi) is 5.91. The van der Waals surface area contributed by atoms with Crippen molar-refractivity contribution >= 4 is 36.6 Å². The normalized spacial score (nSPS) is 13.7. The highest BCUT2D eigenvalue weighted by Gasteiger charge is 2.40. The fraction of sp³-hybridized carbons (Fsp3) is 0. The molecule has 0 nitrogen and oxygen atoms in total. The molecule has 0 spiro atoms. The minimum atomic E-state index is -6.06. The molecule has 2 aromatic rings. The summed E-state index contributed by atoms with van der Waals surface area (Å²) in [7, 11) is -15.6. The molecule has 0 amide bonds. The maximum atomic E-state index is 12.9. The van der Waals surface area contributed by atoms with Gasteiger partial charge in [-0.2, -0.15) is 0 Å². The first-order chi connectivity index (χ1) is 11.6. The van der Waals surface area contributed by atoms with Gasteiger partial charge in [0.1, 0.15) is 0 Å². The highest BCUT2D eigenvalue weighted by molar-refractivity contribution is 7.10. The van der Waals surface area contributed by atoms with Crippen molar-refractivity contribution in [1.29, 1.82) is 0 Å². The molecule has 0 atom stereocenters.